The van der Waals surface area contributed by atoms with Gasteiger partial charge in [0.25, 0.3) is 5.91 Å². The number of nitrogens with one attached hydrogen (secondary N) is 1. The molecular weight excluding hydrogens is 326 g/mol. The second-order valence-electron chi connectivity index (χ2n) is 5.30. The van der Waals surface area contributed by atoms with Gasteiger partial charge in [-0.2, -0.15) is 11.8 Å². The summed E-state index contributed by atoms with van der Waals surface area (Å²) in [6.45, 7) is 0. The van der Waals surface area contributed by atoms with Crippen molar-refractivity contribution < 1.29 is 19.0 Å². The predicted molar refractivity (Wildman–Crippen MR) is 95.7 cm³/mol. The number of hydrogen-bond acceptors (Lipinski definition) is 5. The lowest BCUT2D eigenvalue weighted by atomic mass is 10.1. The number of hydrogen-bond donors (Lipinski definition) is 1. The summed E-state index contributed by atoms with van der Waals surface area (Å²) in [5.41, 5.74) is 1.11. The van der Waals surface area contributed by atoms with Gasteiger partial charge in [0, 0.05) is 17.2 Å². The molecule has 2 aromatic carbocycles. The van der Waals surface area contributed by atoms with E-state index in [1.807, 2.05) is 36.0 Å². The van der Waals surface area contributed by atoms with Crippen molar-refractivity contribution in [2.24, 2.45) is 0 Å². The van der Waals surface area contributed by atoms with Crippen LogP contribution in [0.15, 0.2) is 42.5 Å². The maximum atomic E-state index is 12.5. The van der Waals surface area contributed by atoms with Crippen LogP contribution in [-0.4, -0.2) is 37.7 Å². The molecule has 0 spiro atoms. The summed E-state index contributed by atoms with van der Waals surface area (Å²) < 4.78 is 16.3. The maximum Gasteiger partial charge on any atom is 0.259 e. The predicted octanol–water partition coefficient (Wildman–Crippen LogP) is 3.45. The molecule has 6 heteroatoms. The first-order valence-corrected chi connectivity index (χ1v) is 8.73. The lowest BCUT2D eigenvalue weighted by Gasteiger charge is -2.25. The van der Waals surface area contributed by atoms with Gasteiger partial charge in [0.15, 0.2) is 11.5 Å². The second kappa shape index (κ2) is 7.49. The monoisotopic (exact) mass is 345 g/mol. The Bertz CT molecular complexity index is 713. The molecule has 0 radical (unpaired) electrons. The highest BCUT2D eigenvalue weighted by Crippen LogP contribution is 2.31. The fourth-order valence-corrected chi connectivity index (χ4v) is 2.92. The zero-order valence-electron chi connectivity index (χ0n) is 13.6. The van der Waals surface area contributed by atoms with Crippen LogP contribution in [0.25, 0.3) is 0 Å². The smallest absolute Gasteiger partial charge is 0.259 e. The Labute approximate surface area is 145 Å². The van der Waals surface area contributed by atoms with Crippen LogP contribution in [0, 0.1) is 0 Å². The third-order valence-corrected chi connectivity index (χ3v) is 4.88. The van der Waals surface area contributed by atoms with Crippen LogP contribution in [0.2, 0.25) is 0 Å². The van der Waals surface area contributed by atoms with Crippen LogP contribution in [0.3, 0.4) is 0 Å². The van der Waals surface area contributed by atoms with Crippen molar-refractivity contribution in [2.45, 2.75) is 6.10 Å². The lowest BCUT2D eigenvalue weighted by Crippen LogP contribution is -2.30. The summed E-state index contributed by atoms with van der Waals surface area (Å²) in [6, 6.07) is 12.6. The van der Waals surface area contributed by atoms with Gasteiger partial charge < -0.3 is 19.5 Å². The summed E-state index contributed by atoms with van der Waals surface area (Å²) >= 11 is 1.88. The number of thioether (sulfide) groups is 1. The van der Waals surface area contributed by atoms with Crippen molar-refractivity contribution in [1.29, 1.82) is 0 Å². The van der Waals surface area contributed by atoms with E-state index in [1.54, 1.807) is 25.3 Å². The highest BCUT2D eigenvalue weighted by Gasteiger charge is 2.20. The van der Waals surface area contributed by atoms with Crippen molar-refractivity contribution in [3.05, 3.63) is 48.0 Å². The molecule has 1 amide bonds. The van der Waals surface area contributed by atoms with E-state index in [9.17, 15) is 4.79 Å². The molecule has 0 bridgehead atoms. The molecule has 5 nitrogen and oxygen atoms in total. The van der Waals surface area contributed by atoms with Crippen LogP contribution in [0.4, 0.5) is 5.69 Å². The van der Waals surface area contributed by atoms with E-state index in [1.165, 1.54) is 7.11 Å². The third-order valence-electron chi connectivity index (χ3n) is 3.67. The van der Waals surface area contributed by atoms with Crippen molar-refractivity contribution in [3.8, 4) is 17.2 Å². The number of carbonyl (C=O) groups excluding carboxylic acids is 1. The Morgan fingerprint density at radius 3 is 2.42 bits per heavy atom. The van der Waals surface area contributed by atoms with Gasteiger partial charge in [-0.1, -0.05) is 6.07 Å². The Kier molecular flexibility index (Phi) is 5.15. The Morgan fingerprint density at radius 1 is 1.08 bits per heavy atom. The largest absolute Gasteiger partial charge is 0.493 e. The first-order valence-electron chi connectivity index (χ1n) is 7.58. The molecule has 0 unspecified atom stereocenters. The molecule has 2 aromatic rings. The second-order valence-corrected chi connectivity index (χ2v) is 6.37. The summed E-state index contributed by atoms with van der Waals surface area (Å²) in [6.07, 6.45) is 0.302. The first-order chi connectivity index (χ1) is 11.7. The minimum Gasteiger partial charge on any atom is -0.493 e. The van der Waals surface area contributed by atoms with E-state index in [2.05, 4.69) is 5.32 Å². The van der Waals surface area contributed by atoms with E-state index in [0.717, 1.165) is 17.3 Å². The van der Waals surface area contributed by atoms with E-state index < -0.39 is 0 Å². The number of ether oxygens (including phenoxy) is 3. The van der Waals surface area contributed by atoms with Gasteiger partial charge in [-0.3, -0.25) is 4.79 Å². The van der Waals surface area contributed by atoms with Gasteiger partial charge in [0.1, 0.15) is 11.9 Å². The fraction of sp³-hybridized carbons (Fsp3) is 0.278. The van der Waals surface area contributed by atoms with Gasteiger partial charge in [0.2, 0.25) is 0 Å². The average Bonchev–Trinajstić information content (AvgIpc) is 2.58. The molecule has 1 saturated heterocycles. The summed E-state index contributed by atoms with van der Waals surface area (Å²) in [5.74, 6) is 3.57. The molecule has 24 heavy (non-hydrogen) atoms. The maximum absolute atomic E-state index is 12.5. The minimum atomic E-state index is -0.255. The normalized spacial score (nSPS) is 13.8. The van der Waals surface area contributed by atoms with E-state index in [-0.39, 0.29) is 5.91 Å². The number of anilines is 1. The molecule has 0 aliphatic carbocycles. The summed E-state index contributed by atoms with van der Waals surface area (Å²) in [5, 5.41) is 2.86. The Hall–Kier alpha value is -2.34. The van der Waals surface area contributed by atoms with Crippen LogP contribution >= 0.6 is 11.8 Å². The zero-order valence-corrected chi connectivity index (χ0v) is 14.4. The van der Waals surface area contributed by atoms with E-state index in [4.69, 9.17) is 14.2 Å². The number of benzene rings is 2. The topological polar surface area (TPSA) is 56.8 Å². The Balaban J connectivity index is 1.70. The first kappa shape index (κ1) is 16.5. The van der Waals surface area contributed by atoms with Crippen molar-refractivity contribution in [3.63, 3.8) is 0 Å². The summed E-state index contributed by atoms with van der Waals surface area (Å²) in [7, 11) is 3.05. The molecule has 0 aromatic heterocycles. The SMILES string of the molecule is COc1cccc(C(=O)Nc2ccc(OC3CSC3)cc2)c1OC. The average molecular weight is 345 g/mol. The molecule has 1 N–H and O–H groups in total. The van der Waals surface area contributed by atoms with Gasteiger partial charge in [0.05, 0.1) is 19.8 Å². The molecule has 126 valence electrons. The zero-order chi connectivity index (χ0) is 16.9. The summed E-state index contributed by atoms with van der Waals surface area (Å²) in [4.78, 5) is 12.5. The Morgan fingerprint density at radius 2 is 1.83 bits per heavy atom. The standard InChI is InChI=1S/C18H19NO4S/c1-21-16-5-3-4-15(17(16)22-2)18(20)19-12-6-8-13(9-7-12)23-14-10-24-11-14/h3-9,14H,10-11H2,1-2H3,(H,19,20). The van der Waals surface area contributed by atoms with E-state index >= 15 is 0 Å². The minimum absolute atomic E-state index is 0.255. The molecular formula is C18H19NO4S. The number of methoxy groups -OCH3 is 2. The molecule has 3 rings (SSSR count). The molecule has 1 aliphatic rings. The third kappa shape index (κ3) is 3.59. The van der Waals surface area contributed by atoms with Crippen LogP contribution in [0.5, 0.6) is 17.2 Å². The number of amides is 1. The molecule has 1 fully saturated rings. The van der Waals surface area contributed by atoms with Crippen LogP contribution < -0.4 is 19.5 Å². The van der Waals surface area contributed by atoms with Gasteiger partial charge >= 0.3 is 0 Å². The molecule has 0 atom stereocenters. The fourth-order valence-electron chi connectivity index (χ4n) is 2.36. The van der Waals surface area contributed by atoms with Gasteiger partial charge in [-0.05, 0) is 36.4 Å². The molecule has 1 aliphatic heterocycles. The van der Waals surface area contributed by atoms with Crippen molar-refractivity contribution in [1.82, 2.24) is 0 Å². The molecule has 1 heterocycles. The van der Waals surface area contributed by atoms with Crippen LogP contribution in [0.1, 0.15) is 10.4 Å². The number of para-hydroxylation sites is 1. The lowest BCUT2D eigenvalue weighted by molar-refractivity contribution is 0.102. The molecule has 0 saturated carbocycles. The number of rotatable bonds is 6. The van der Waals surface area contributed by atoms with Gasteiger partial charge in [-0.25, -0.2) is 0 Å². The number of carbonyl (C=O) groups is 1. The van der Waals surface area contributed by atoms with Crippen molar-refractivity contribution in [2.75, 3.05) is 31.0 Å². The van der Waals surface area contributed by atoms with E-state index in [0.29, 0.717) is 28.9 Å². The van der Waals surface area contributed by atoms with Crippen LogP contribution in [-0.2, 0) is 0 Å². The van der Waals surface area contributed by atoms with Crippen molar-refractivity contribution >= 4 is 23.4 Å². The highest BCUT2D eigenvalue weighted by atomic mass is 32.2. The van der Waals surface area contributed by atoms with Gasteiger partial charge in [-0.15, -0.1) is 0 Å². The quantitative estimate of drug-likeness (QED) is 0.869. The highest BCUT2D eigenvalue weighted by molar-refractivity contribution is 8.00.